The Hall–Kier alpha value is -2.28. The normalized spacial score (nSPS) is 18.1. The van der Waals surface area contributed by atoms with Crippen LogP contribution in [0.1, 0.15) is 20.8 Å². The molecule has 1 N–H and O–H groups in total. The molecule has 0 aromatic carbocycles. The van der Waals surface area contributed by atoms with Gasteiger partial charge in [-0.3, -0.25) is 38.8 Å². The SMILES string of the molecule is COC(=O)CN1CCN(CC(=O)NC(C)(C)C)CCN(CC(=O)OC)CCN(CC(=O)OC)CC1. The van der Waals surface area contributed by atoms with E-state index in [4.69, 9.17) is 14.2 Å². The van der Waals surface area contributed by atoms with Gasteiger partial charge in [-0.05, 0) is 20.8 Å². The Labute approximate surface area is 208 Å². The van der Waals surface area contributed by atoms with Crippen LogP contribution in [0.5, 0.6) is 0 Å². The first-order chi connectivity index (χ1) is 16.4. The first-order valence-corrected chi connectivity index (χ1v) is 11.9. The lowest BCUT2D eigenvalue weighted by atomic mass is 10.1. The molecule has 0 bridgehead atoms. The molecule has 0 atom stereocenters. The predicted molar refractivity (Wildman–Crippen MR) is 130 cm³/mol. The second kappa shape index (κ2) is 15.7. The number of hydrogen-bond donors (Lipinski definition) is 1. The zero-order valence-electron chi connectivity index (χ0n) is 22.1. The summed E-state index contributed by atoms with van der Waals surface area (Å²) in [5.41, 5.74) is -0.347. The van der Waals surface area contributed by atoms with Gasteiger partial charge in [0.05, 0.1) is 47.5 Å². The Morgan fingerprint density at radius 3 is 1.06 bits per heavy atom. The fourth-order valence-electron chi connectivity index (χ4n) is 3.61. The second-order valence-electron chi connectivity index (χ2n) is 9.63. The molecule has 1 saturated heterocycles. The van der Waals surface area contributed by atoms with E-state index in [0.717, 1.165) is 0 Å². The van der Waals surface area contributed by atoms with E-state index < -0.39 is 0 Å². The maximum absolute atomic E-state index is 12.6. The second-order valence-corrected chi connectivity index (χ2v) is 9.63. The summed E-state index contributed by atoms with van der Waals surface area (Å²) in [6.45, 7) is 10.5. The lowest BCUT2D eigenvalue weighted by Crippen LogP contribution is -2.51. The van der Waals surface area contributed by atoms with Gasteiger partial charge < -0.3 is 19.5 Å². The Morgan fingerprint density at radius 2 is 0.829 bits per heavy atom. The maximum atomic E-state index is 12.6. The number of carbonyl (C=O) groups excluding carboxylic acids is 4. The molecule has 35 heavy (non-hydrogen) atoms. The molecule has 1 fully saturated rings. The summed E-state index contributed by atoms with van der Waals surface area (Å²) >= 11 is 0. The van der Waals surface area contributed by atoms with Crippen molar-refractivity contribution in [2.24, 2.45) is 0 Å². The van der Waals surface area contributed by atoms with E-state index in [1.54, 1.807) is 0 Å². The van der Waals surface area contributed by atoms with E-state index in [1.165, 1.54) is 21.3 Å². The summed E-state index contributed by atoms with van der Waals surface area (Å²) in [6.07, 6.45) is 0. The first kappa shape index (κ1) is 30.8. The van der Waals surface area contributed by atoms with Crippen molar-refractivity contribution in [3.63, 3.8) is 0 Å². The lowest BCUT2D eigenvalue weighted by molar-refractivity contribution is -0.144. The number of hydrogen-bond acceptors (Lipinski definition) is 11. The number of esters is 3. The monoisotopic (exact) mass is 501 g/mol. The fourth-order valence-corrected chi connectivity index (χ4v) is 3.61. The first-order valence-electron chi connectivity index (χ1n) is 11.9. The molecule has 0 aliphatic carbocycles. The van der Waals surface area contributed by atoms with Crippen molar-refractivity contribution in [1.82, 2.24) is 24.9 Å². The van der Waals surface area contributed by atoms with Crippen LogP contribution in [0.3, 0.4) is 0 Å². The molecule has 1 heterocycles. The number of ether oxygens (including phenoxy) is 3. The molecule has 0 radical (unpaired) electrons. The minimum absolute atomic E-state index is 0.0899. The van der Waals surface area contributed by atoms with Crippen LogP contribution in [-0.2, 0) is 33.4 Å². The summed E-state index contributed by atoms with van der Waals surface area (Å²) in [6, 6.07) is 0. The molecule has 12 nitrogen and oxygen atoms in total. The van der Waals surface area contributed by atoms with Crippen LogP contribution in [0.2, 0.25) is 0 Å². The number of nitrogens with zero attached hydrogens (tertiary/aromatic N) is 4. The highest BCUT2D eigenvalue weighted by Crippen LogP contribution is 2.04. The van der Waals surface area contributed by atoms with Gasteiger partial charge in [-0.1, -0.05) is 0 Å². The molecule has 1 aliphatic rings. The van der Waals surface area contributed by atoms with E-state index in [0.29, 0.717) is 52.4 Å². The average Bonchev–Trinajstić information content (AvgIpc) is 2.78. The van der Waals surface area contributed by atoms with Crippen molar-refractivity contribution < 1.29 is 33.4 Å². The van der Waals surface area contributed by atoms with Crippen LogP contribution in [0.15, 0.2) is 0 Å². The third-order valence-electron chi connectivity index (χ3n) is 5.55. The smallest absolute Gasteiger partial charge is 0.319 e. The van der Waals surface area contributed by atoms with Crippen LogP contribution in [0, 0.1) is 0 Å². The molecule has 0 saturated carbocycles. The molecule has 0 aromatic heterocycles. The van der Waals surface area contributed by atoms with Crippen molar-refractivity contribution in [3.05, 3.63) is 0 Å². The molecular weight excluding hydrogens is 458 g/mol. The summed E-state index contributed by atoms with van der Waals surface area (Å²) < 4.78 is 14.5. The maximum Gasteiger partial charge on any atom is 0.319 e. The molecular formula is C23H43N5O7. The Balaban J connectivity index is 3.04. The van der Waals surface area contributed by atoms with Crippen LogP contribution < -0.4 is 5.32 Å². The van der Waals surface area contributed by atoms with Gasteiger partial charge in [-0.25, -0.2) is 0 Å². The summed E-state index contributed by atoms with van der Waals surface area (Å²) in [7, 11) is 4.04. The zero-order chi connectivity index (χ0) is 26.4. The van der Waals surface area contributed by atoms with Gasteiger partial charge >= 0.3 is 17.9 Å². The highest BCUT2D eigenvalue weighted by Gasteiger charge is 2.22. The molecule has 202 valence electrons. The van der Waals surface area contributed by atoms with Gasteiger partial charge in [0.1, 0.15) is 0 Å². The minimum atomic E-state index is -0.354. The van der Waals surface area contributed by atoms with Crippen molar-refractivity contribution in [2.45, 2.75) is 26.3 Å². The molecule has 1 rings (SSSR count). The van der Waals surface area contributed by atoms with Gasteiger partial charge in [-0.2, -0.15) is 0 Å². The number of methoxy groups -OCH3 is 3. The van der Waals surface area contributed by atoms with Crippen LogP contribution >= 0.6 is 0 Å². The van der Waals surface area contributed by atoms with Crippen LogP contribution in [-0.4, -0.2) is 149 Å². The number of carbonyl (C=O) groups is 4. The Bertz CT molecular complexity index is 664. The van der Waals surface area contributed by atoms with Gasteiger partial charge in [0.2, 0.25) is 5.91 Å². The highest BCUT2D eigenvalue weighted by atomic mass is 16.5. The van der Waals surface area contributed by atoms with Crippen LogP contribution in [0.25, 0.3) is 0 Å². The quantitative estimate of drug-likeness (QED) is 0.314. The van der Waals surface area contributed by atoms with Gasteiger partial charge in [0.15, 0.2) is 0 Å². The highest BCUT2D eigenvalue weighted by molar-refractivity contribution is 5.78. The third kappa shape index (κ3) is 14.0. The van der Waals surface area contributed by atoms with Crippen molar-refractivity contribution in [1.29, 1.82) is 0 Å². The summed E-state index contributed by atoms with van der Waals surface area (Å²) in [5.74, 6) is -1.14. The zero-order valence-corrected chi connectivity index (χ0v) is 22.1. The predicted octanol–water partition coefficient (Wildman–Crippen LogP) is -1.36. The minimum Gasteiger partial charge on any atom is -0.468 e. The van der Waals surface area contributed by atoms with E-state index in [2.05, 4.69) is 5.32 Å². The van der Waals surface area contributed by atoms with Crippen molar-refractivity contribution >= 4 is 23.8 Å². The summed E-state index contributed by atoms with van der Waals surface area (Å²) in [4.78, 5) is 56.3. The number of rotatable bonds is 8. The largest absolute Gasteiger partial charge is 0.468 e. The summed E-state index contributed by atoms with van der Waals surface area (Å²) in [5, 5.41) is 2.98. The Kier molecular flexibility index (Phi) is 13.8. The molecule has 12 heteroatoms. The number of amides is 1. The fraction of sp³-hybridized carbons (Fsp3) is 0.826. The van der Waals surface area contributed by atoms with Crippen molar-refractivity contribution in [2.75, 3.05) is 99.9 Å². The topological polar surface area (TPSA) is 121 Å². The van der Waals surface area contributed by atoms with E-state index in [-0.39, 0.29) is 55.5 Å². The average molecular weight is 502 g/mol. The Morgan fingerprint density at radius 1 is 0.571 bits per heavy atom. The van der Waals surface area contributed by atoms with E-state index in [1.807, 2.05) is 40.4 Å². The van der Waals surface area contributed by atoms with E-state index >= 15 is 0 Å². The molecule has 1 aliphatic heterocycles. The lowest BCUT2D eigenvalue weighted by Gasteiger charge is -2.33. The molecule has 0 spiro atoms. The van der Waals surface area contributed by atoms with Gasteiger partial charge in [-0.15, -0.1) is 0 Å². The molecule has 1 amide bonds. The van der Waals surface area contributed by atoms with E-state index in [9.17, 15) is 19.2 Å². The number of nitrogens with one attached hydrogen (secondary N) is 1. The molecule has 0 unspecified atom stereocenters. The van der Waals surface area contributed by atoms with Gasteiger partial charge in [0, 0.05) is 57.9 Å². The van der Waals surface area contributed by atoms with Crippen LogP contribution in [0.4, 0.5) is 0 Å². The molecule has 0 aromatic rings. The van der Waals surface area contributed by atoms with Gasteiger partial charge in [0.25, 0.3) is 0 Å². The third-order valence-corrected chi connectivity index (χ3v) is 5.55. The standard InChI is InChI=1S/C23H43N5O7/c1-23(2,3)24-19(29)15-25-7-9-26(16-20(30)33-4)11-13-28(18-22(32)35-6)14-12-27(10-8-25)17-21(31)34-5/h7-18H2,1-6H3,(H,24,29). The van der Waals surface area contributed by atoms with Crippen molar-refractivity contribution in [3.8, 4) is 0 Å².